The monoisotopic (exact) mass is 380 g/mol. The van der Waals surface area contributed by atoms with Crippen LogP contribution in [-0.4, -0.2) is 44.1 Å². The van der Waals surface area contributed by atoms with Crippen LogP contribution in [0.25, 0.3) is 0 Å². The number of thiophene rings is 1. The molecule has 8 heteroatoms. The summed E-state index contributed by atoms with van der Waals surface area (Å²) in [6.07, 6.45) is 1.33. The zero-order valence-corrected chi connectivity index (χ0v) is 14.4. The molecular weight excluding hydrogens is 364 g/mol. The van der Waals surface area contributed by atoms with Crippen molar-refractivity contribution in [2.24, 2.45) is 0 Å². The molecule has 0 aromatic carbocycles. The van der Waals surface area contributed by atoms with Gasteiger partial charge in [0.2, 0.25) is 10.0 Å². The highest BCUT2D eigenvalue weighted by atomic mass is 79.9. The fraction of sp³-hybridized carbons (Fsp3) is 0.583. The van der Waals surface area contributed by atoms with Gasteiger partial charge in [-0.25, -0.2) is 13.1 Å². The molecule has 1 aliphatic rings. The SMILES string of the molecule is CCS(=O)(=O)NC1CCN(C(=O)c2csc(Br)c2)CC1. The summed E-state index contributed by atoms with van der Waals surface area (Å²) in [7, 11) is -3.16. The molecule has 1 N–H and O–H groups in total. The average Bonchev–Trinajstić information content (AvgIpc) is 2.85. The summed E-state index contributed by atoms with van der Waals surface area (Å²) < 4.78 is 26.6. The molecule has 1 saturated heterocycles. The molecule has 0 atom stereocenters. The Labute approximate surface area is 131 Å². The fourth-order valence-electron chi connectivity index (χ4n) is 2.14. The molecule has 0 radical (unpaired) electrons. The Morgan fingerprint density at radius 3 is 2.65 bits per heavy atom. The van der Waals surface area contributed by atoms with Crippen LogP contribution in [0.4, 0.5) is 0 Å². The Morgan fingerprint density at radius 1 is 1.50 bits per heavy atom. The van der Waals surface area contributed by atoms with Crippen molar-refractivity contribution in [3.63, 3.8) is 0 Å². The maximum Gasteiger partial charge on any atom is 0.254 e. The van der Waals surface area contributed by atoms with Gasteiger partial charge in [-0.05, 0) is 41.8 Å². The van der Waals surface area contributed by atoms with Gasteiger partial charge in [0.1, 0.15) is 0 Å². The number of sulfonamides is 1. The number of carbonyl (C=O) groups is 1. The summed E-state index contributed by atoms with van der Waals surface area (Å²) in [5.41, 5.74) is 0.689. The van der Waals surface area contributed by atoms with Gasteiger partial charge in [-0.1, -0.05) is 0 Å². The molecule has 1 aromatic heterocycles. The van der Waals surface area contributed by atoms with Crippen LogP contribution in [0.15, 0.2) is 15.2 Å². The number of rotatable bonds is 4. The van der Waals surface area contributed by atoms with Crippen LogP contribution in [0.3, 0.4) is 0 Å². The van der Waals surface area contributed by atoms with Crippen molar-refractivity contribution in [2.75, 3.05) is 18.8 Å². The Bertz CT molecular complexity index is 577. The van der Waals surface area contributed by atoms with Crippen molar-refractivity contribution in [3.05, 3.63) is 20.8 Å². The standard InChI is InChI=1S/C12H17BrN2O3S2/c1-2-20(17,18)14-10-3-5-15(6-4-10)12(16)9-7-11(13)19-8-9/h7-8,10,14H,2-6H2,1H3. The van der Waals surface area contributed by atoms with Crippen LogP contribution in [-0.2, 0) is 10.0 Å². The van der Waals surface area contributed by atoms with Crippen LogP contribution in [0.2, 0.25) is 0 Å². The number of hydrogen-bond donors (Lipinski definition) is 1. The molecule has 0 saturated carbocycles. The number of amides is 1. The highest BCUT2D eigenvalue weighted by Crippen LogP contribution is 2.23. The third-order valence-corrected chi connectivity index (χ3v) is 6.28. The van der Waals surface area contributed by atoms with E-state index in [4.69, 9.17) is 0 Å². The molecule has 1 aliphatic heterocycles. The number of nitrogens with zero attached hydrogens (tertiary/aromatic N) is 1. The van der Waals surface area contributed by atoms with E-state index >= 15 is 0 Å². The second kappa shape index (κ2) is 6.55. The van der Waals surface area contributed by atoms with E-state index in [9.17, 15) is 13.2 Å². The summed E-state index contributed by atoms with van der Waals surface area (Å²) in [4.78, 5) is 14.0. The minimum Gasteiger partial charge on any atom is -0.339 e. The zero-order valence-electron chi connectivity index (χ0n) is 11.1. The van der Waals surface area contributed by atoms with E-state index in [2.05, 4.69) is 20.7 Å². The van der Waals surface area contributed by atoms with Crippen molar-refractivity contribution in [3.8, 4) is 0 Å². The summed E-state index contributed by atoms with van der Waals surface area (Å²) in [5.74, 6) is 0.110. The Morgan fingerprint density at radius 2 is 2.15 bits per heavy atom. The minimum absolute atomic E-state index is 0.0174. The summed E-state index contributed by atoms with van der Waals surface area (Å²) >= 11 is 4.83. The maximum atomic E-state index is 12.2. The molecule has 1 aromatic rings. The van der Waals surface area contributed by atoms with Crippen LogP contribution in [0.5, 0.6) is 0 Å². The normalized spacial score (nSPS) is 17.4. The number of halogens is 1. The van der Waals surface area contributed by atoms with E-state index in [0.29, 0.717) is 31.5 Å². The lowest BCUT2D eigenvalue weighted by atomic mass is 10.1. The van der Waals surface area contributed by atoms with Gasteiger partial charge in [0.15, 0.2) is 0 Å². The van der Waals surface area contributed by atoms with Gasteiger partial charge >= 0.3 is 0 Å². The van der Waals surface area contributed by atoms with Crippen molar-refractivity contribution in [1.29, 1.82) is 0 Å². The van der Waals surface area contributed by atoms with Crippen molar-refractivity contribution in [2.45, 2.75) is 25.8 Å². The molecule has 112 valence electrons. The quantitative estimate of drug-likeness (QED) is 0.868. The van der Waals surface area contributed by atoms with E-state index in [1.54, 1.807) is 11.8 Å². The second-order valence-electron chi connectivity index (χ2n) is 4.73. The zero-order chi connectivity index (χ0) is 14.8. The third kappa shape index (κ3) is 4.03. The molecule has 5 nitrogen and oxygen atoms in total. The van der Waals surface area contributed by atoms with Crippen LogP contribution in [0.1, 0.15) is 30.1 Å². The predicted molar refractivity (Wildman–Crippen MR) is 83.5 cm³/mol. The molecule has 0 aliphatic carbocycles. The lowest BCUT2D eigenvalue weighted by Crippen LogP contribution is -2.46. The topological polar surface area (TPSA) is 66.5 Å². The smallest absolute Gasteiger partial charge is 0.254 e. The van der Waals surface area contributed by atoms with Gasteiger partial charge in [-0.2, -0.15) is 0 Å². The molecule has 20 heavy (non-hydrogen) atoms. The molecule has 0 spiro atoms. The summed E-state index contributed by atoms with van der Waals surface area (Å²) in [6.45, 7) is 2.79. The first-order chi connectivity index (χ1) is 9.41. The lowest BCUT2D eigenvalue weighted by molar-refractivity contribution is 0.0712. The number of carbonyl (C=O) groups excluding carboxylic acids is 1. The Hall–Kier alpha value is -0.440. The van der Waals surface area contributed by atoms with Crippen molar-refractivity contribution in [1.82, 2.24) is 9.62 Å². The number of piperidine rings is 1. The lowest BCUT2D eigenvalue weighted by Gasteiger charge is -2.32. The molecular formula is C12H17BrN2O3S2. The maximum absolute atomic E-state index is 12.2. The van der Waals surface area contributed by atoms with E-state index in [1.165, 1.54) is 11.3 Å². The summed E-state index contributed by atoms with van der Waals surface area (Å²) in [5, 5.41) is 1.83. The third-order valence-electron chi connectivity index (χ3n) is 3.32. The second-order valence-corrected chi connectivity index (χ2v) is 9.06. The Balaban J connectivity index is 1.90. The fourth-order valence-corrected chi connectivity index (χ4v) is 4.18. The minimum atomic E-state index is -3.16. The Kier molecular flexibility index (Phi) is 5.22. The molecule has 0 bridgehead atoms. The number of likely N-dealkylation sites (tertiary alicyclic amines) is 1. The van der Waals surface area contributed by atoms with E-state index < -0.39 is 10.0 Å². The van der Waals surface area contributed by atoms with E-state index in [-0.39, 0.29) is 17.7 Å². The molecule has 1 fully saturated rings. The highest BCUT2D eigenvalue weighted by Gasteiger charge is 2.26. The van der Waals surface area contributed by atoms with Crippen molar-refractivity contribution >= 4 is 43.2 Å². The molecule has 0 unspecified atom stereocenters. The molecule has 2 heterocycles. The van der Waals surface area contributed by atoms with Gasteiger partial charge < -0.3 is 4.90 Å². The van der Waals surface area contributed by atoms with E-state index in [1.807, 2.05) is 11.4 Å². The first-order valence-electron chi connectivity index (χ1n) is 6.44. The van der Waals surface area contributed by atoms with Gasteiger partial charge in [0.05, 0.1) is 15.1 Å². The highest BCUT2D eigenvalue weighted by molar-refractivity contribution is 9.11. The number of nitrogens with one attached hydrogen (secondary N) is 1. The average molecular weight is 381 g/mol. The van der Waals surface area contributed by atoms with Gasteiger partial charge in [-0.15, -0.1) is 11.3 Å². The van der Waals surface area contributed by atoms with Crippen LogP contribution >= 0.6 is 27.3 Å². The van der Waals surface area contributed by atoms with E-state index in [0.717, 1.165) is 3.79 Å². The van der Waals surface area contributed by atoms with Crippen LogP contribution in [0, 0.1) is 0 Å². The van der Waals surface area contributed by atoms with Gasteiger partial charge in [-0.3, -0.25) is 4.79 Å². The van der Waals surface area contributed by atoms with Gasteiger partial charge in [0.25, 0.3) is 5.91 Å². The van der Waals surface area contributed by atoms with Crippen LogP contribution < -0.4 is 4.72 Å². The first-order valence-corrected chi connectivity index (χ1v) is 9.77. The molecule has 2 rings (SSSR count). The summed E-state index contributed by atoms with van der Waals surface area (Å²) in [6, 6.07) is 1.76. The molecule has 1 amide bonds. The van der Waals surface area contributed by atoms with Crippen molar-refractivity contribution < 1.29 is 13.2 Å². The van der Waals surface area contributed by atoms with Gasteiger partial charge in [0, 0.05) is 24.5 Å². The first kappa shape index (κ1) is 15.9. The number of hydrogen-bond acceptors (Lipinski definition) is 4. The largest absolute Gasteiger partial charge is 0.339 e. The predicted octanol–water partition coefficient (Wildman–Crippen LogP) is 2.05.